The van der Waals surface area contributed by atoms with Gasteiger partial charge in [0.2, 0.25) is 5.91 Å². The van der Waals surface area contributed by atoms with Crippen LogP contribution in [-0.2, 0) is 4.79 Å². The van der Waals surface area contributed by atoms with Crippen LogP contribution < -0.4 is 19.5 Å². The molecule has 1 N–H and O–H groups in total. The number of carbonyl (C=O) groups is 1. The second-order valence-corrected chi connectivity index (χ2v) is 8.48. The van der Waals surface area contributed by atoms with E-state index in [1.54, 1.807) is 7.11 Å². The van der Waals surface area contributed by atoms with E-state index in [1.165, 1.54) is 11.8 Å². The molecule has 0 saturated heterocycles. The molecule has 0 bridgehead atoms. The fourth-order valence-electron chi connectivity index (χ4n) is 3.19. The van der Waals surface area contributed by atoms with E-state index < -0.39 is 0 Å². The number of ether oxygens (including phenoxy) is 3. The molecule has 2 aromatic carbocycles. The second kappa shape index (κ2) is 11.6. The predicted molar refractivity (Wildman–Crippen MR) is 129 cm³/mol. The lowest BCUT2D eigenvalue weighted by atomic mass is 10.3. The molecule has 1 amide bonds. The van der Waals surface area contributed by atoms with Crippen molar-refractivity contribution in [3.8, 4) is 17.2 Å². The molecular weight excluding hydrogens is 440 g/mol. The Kier molecular flexibility index (Phi) is 8.59. The molecule has 3 aromatic rings. The minimum atomic E-state index is -0.319. The largest absolute Gasteiger partial charge is 0.497 e. The monoisotopic (exact) mass is 470 g/mol. The van der Waals surface area contributed by atoms with Gasteiger partial charge in [0, 0.05) is 11.7 Å². The Bertz CT molecular complexity index is 1040. The first-order valence-corrected chi connectivity index (χ1v) is 11.8. The lowest BCUT2D eigenvalue weighted by Crippen LogP contribution is -2.16. The standard InChI is InChI=1S/C24H30N4O4S/c1-6-31-20-9-7-18(8-10-20)25-22(29)15-33-24-27-26-23(28(24)16(2)3)17(4)32-21-13-11-19(30-5)12-14-21/h7-14,16-17H,6,15H2,1-5H3,(H,25,29). The normalized spacial score (nSPS) is 11.8. The fourth-order valence-corrected chi connectivity index (χ4v) is 4.06. The summed E-state index contributed by atoms with van der Waals surface area (Å²) < 4.78 is 18.7. The number of thioether (sulfide) groups is 1. The summed E-state index contributed by atoms with van der Waals surface area (Å²) in [6.45, 7) is 8.57. The molecular formula is C24H30N4O4S. The van der Waals surface area contributed by atoms with Crippen molar-refractivity contribution in [1.29, 1.82) is 0 Å². The summed E-state index contributed by atoms with van der Waals surface area (Å²) in [5.41, 5.74) is 0.719. The molecule has 1 atom stereocenters. The maximum absolute atomic E-state index is 12.5. The smallest absolute Gasteiger partial charge is 0.234 e. The lowest BCUT2D eigenvalue weighted by Gasteiger charge is -2.19. The quantitative estimate of drug-likeness (QED) is 0.388. The molecule has 0 fully saturated rings. The molecule has 33 heavy (non-hydrogen) atoms. The molecule has 1 unspecified atom stereocenters. The minimum Gasteiger partial charge on any atom is -0.497 e. The highest BCUT2D eigenvalue weighted by Crippen LogP contribution is 2.28. The zero-order valence-corrected chi connectivity index (χ0v) is 20.4. The molecule has 3 rings (SSSR count). The number of methoxy groups -OCH3 is 1. The highest BCUT2D eigenvalue weighted by molar-refractivity contribution is 7.99. The first kappa shape index (κ1) is 24.4. The molecule has 8 nitrogen and oxygen atoms in total. The molecule has 1 heterocycles. The van der Waals surface area contributed by atoms with Gasteiger partial charge in [0.05, 0.1) is 19.5 Å². The van der Waals surface area contributed by atoms with Crippen LogP contribution in [0.3, 0.4) is 0 Å². The number of carbonyl (C=O) groups excluding carboxylic acids is 1. The van der Waals surface area contributed by atoms with Gasteiger partial charge in [-0.3, -0.25) is 4.79 Å². The third kappa shape index (κ3) is 6.64. The molecule has 0 saturated carbocycles. The molecule has 176 valence electrons. The number of aromatic nitrogens is 3. The molecule has 0 spiro atoms. The van der Waals surface area contributed by atoms with Crippen molar-refractivity contribution in [3.05, 3.63) is 54.4 Å². The fraction of sp³-hybridized carbons (Fsp3) is 0.375. The van der Waals surface area contributed by atoms with Crippen LogP contribution >= 0.6 is 11.8 Å². The van der Waals surface area contributed by atoms with Crippen LogP contribution in [-0.4, -0.2) is 40.1 Å². The number of anilines is 1. The summed E-state index contributed by atoms with van der Waals surface area (Å²) in [5, 5.41) is 12.2. The van der Waals surface area contributed by atoms with Crippen molar-refractivity contribution >= 4 is 23.4 Å². The van der Waals surface area contributed by atoms with Crippen LogP contribution in [0.1, 0.15) is 45.7 Å². The van der Waals surface area contributed by atoms with Gasteiger partial charge in [0.25, 0.3) is 0 Å². The van der Waals surface area contributed by atoms with Crippen LogP contribution in [0.4, 0.5) is 5.69 Å². The molecule has 9 heteroatoms. The number of benzene rings is 2. The van der Waals surface area contributed by atoms with Crippen LogP contribution in [0.15, 0.2) is 53.7 Å². The lowest BCUT2D eigenvalue weighted by molar-refractivity contribution is -0.113. The van der Waals surface area contributed by atoms with Gasteiger partial charge in [-0.1, -0.05) is 11.8 Å². The number of hydrogen-bond acceptors (Lipinski definition) is 7. The molecule has 0 aliphatic rings. The zero-order valence-electron chi connectivity index (χ0n) is 19.6. The van der Waals surface area contributed by atoms with Crippen LogP contribution in [0, 0.1) is 0 Å². The van der Waals surface area contributed by atoms with E-state index in [0.717, 1.165) is 17.2 Å². The van der Waals surface area contributed by atoms with Gasteiger partial charge in [0.15, 0.2) is 17.1 Å². The van der Waals surface area contributed by atoms with Gasteiger partial charge < -0.3 is 24.1 Å². The first-order chi connectivity index (χ1) is 15.9. The van der Waals surface area contributed by atoms with Crippen molar-refractivity contribution in [2.24, 2.45) is 0 Å². The molecule has 1 aromatic heterocycles. The van der Waals surface area contributed by atoms with Crippen LogP contribution in [0.5, 0.6) is 17.2 Å². The number of rotatable bonds is 11. The van der Waals surface area contributed by atoms with Crippen molar-refractivity contribution in [2.75, 3.05) is 24.8 Å². The summed E-state index contributed by atoms with van der Waals surface area (Å²) in [5.74, 6) is 3.05. The van der Waals surface area contributed by atoms with Crippen molar-refractivity contribution < 1.29 is 19.0 Å². The van der Waals surface area contributed by atoms with E-state index in [4.69, 9.17) is 14.2 Å². The third-order valence-electron chi connectivity index (χ3n) is 4.72. The SMILES string of the molecule is CCOc1ccc(NC(=O)CSc2nnc(C(C)Oc3ccc(OC)cc3)n2C(C)C)cc1. The topological polar surface area (TPSA) is 87.5 Å². The van der Waals surface area contributed by atoms with Gasteiger partial charge in [-0.2, -0.15) is 0 Å². The van der Waals surface area contributed by atoms with Crippen molar-refractivity contribution in [2.45, 2.75) is 45.0 Å². The Balaban J connectivity index is 1.62. The van der Waals surface area contributed by atoms with Gasteiger partial charge in [-0.25, -0.2) is 0 Å². The third-order valence-corrected chi connectivity index (χ3v) is 5.67. The highest BCUT2D eigenvalue weighted by atomic mass is 32.2. The first-order valence-electron chi connectivity index (χ1n) is 10.8. The Morgan fingerprint density at radius 1 is 1.00 bits per heavy atom. The summed E-state index contributed by atoms with van der Waals surface area (Å²) >= 11 is 1.34. The summed E-state index contributed by atoms with van der Waals surface area (Å²) in [4.78, 5) is 12.5. The number of amides is 1. The van der Waals surface area contributed by atoms with Crippen LogP contribution in [0.25, 0.3) is 0 Å². The predicted octanol–water partition coefficient (Wildman–Crippen LogP) is 5.14. The minimum absolute atomic E-state index is 0.105. The molecule has 0 aliphatic heterocycles. The van der Waals surface area contributed by atoms with E-state index in [0.29, 0.717) is 23.3 Å². The Labute approximate surface area is 198 Å². The molecule has 0 radical (unpaired) electrons. The summed E-state index contributed by atoms with van der Waals surface area (Å²) in [6, 6.07) is 14.8. The van der Waals surface area contributed by atoms with E-state index in [-0.39, 0.29) is 23.8 Å². The average Bonchev–Trinajstić information content (AvgIpc) is 3.24. The Hall–Kier alpha value is -3.20. The number of nitrogens with one attached hydrogen (secondary N) is 1. The van der Waals surface area contributed by atoms with E-state index >= 15 is 0 Å². The Morgan fingerprint density at radius 2 is 1.64 bits per heavy atom. The van der Waals surface area contributed by atoms with E-state index in [9.17, 15) is 4.79 Å². The number of nitrogens with zero attached hydrogens (tertiary/aromatic N) is 3. The number of hydrogen-bond donors (Lipinski definition) is 1. The van der Waals surface area contributed by atoms with Crippen LogP contribution in [0.2, 0.25) is 0 Å². The van der Waals surface area contributed by atoms with Gasteiger partial charge in [-0.05, 0) is 76.2 Å². The van der Waals surface area contributed by atoms with Crippen molar-refractivity contribution in [3.63, 3.8) is 0 Å². The average molecular weight is 471 g/mol. The highest BCUT2D eigenvalue weighted by Gasteiger charge is 2.22. The van der Waals surface area contributed by atoms with E-state index in [1.807, 2.05) is 66.9 Å². The van der Waals surface area contributed by atoms with E-state index in [2.05, 4.69) is 29.4 Å². The van der Waals surface area contributed by atoms with Gasteiger partial charge in [-0.15, -0.1) is 10.2 Å². The summed E-state index contributed by atoms with van der Waals surface area (Å²) in [6.07, 6.45) is -0.319. The molecule has 0 aliphatic carbocycles. The van der Waals surface area contributed by atoms with Gasteiger partial charge >= 0.3 is 0 Å². The second-order valence-electron chi connectivity index (χ2n) is 7.53. The van der Waals surface area contributed by atoms with Crippen molar-refractivity contribution in [1.82, 2.24) is 14.8 Å². The Morgan fingerprint density at radius 3 is 2.24 bits per heavy atom. The summed E-state index contributed by atoms with van der Waals surface area (Å²) in [7, 11) is 1.63. The maximum atomic E-state index is 12.5. The van der Waals surface area contributed by atoms with Gasteiger partial charge in [0.1, 0.15) is 17.2 Å². The maximum Gasteiger partial charge on any atom is 0.234 e. The zero-order chi connectivity index (χ0) is 23.8.